The number of rotatable bonds is 14. The molecular formula is C42H50Cl5FN6O7S2. The Morgan fingerprint density at radius 1 is 0.698 bits per heavy atom. The van der Waals surface area contributed by atoms with Crippen LogP contribution in [0.3, 0.4) is 0 Å². The van der Waals surface area contributed by atoms with E-state index in [4.69, 9.17) is 46.4 Å². The van der Waals surface area contributed by atoms with E-state index in [1.165, 1.54) is 38.9 Å². The summed E-state index contributed by atoms with van der Waals surface area (Å²) in [7, 11) is -6.65. The highest BCUT2D eigenvalue weighted by atomic mass is 35.5. The number of aromatic amines is 1. The van der Waals surface area contributed by atoms with Crippen LogP contribution in [-0.4, -0.2) is 98.0 Å². The fraction of sp³-hybridized carbons (Fsp3) is 0.429. The number of nitrogens with zero attached hydrogens (tertiary/aromatic N) is 3. The molecule has 0 aliphatic carbocycles. The number of hydrogen-bond donors (Lipinski definition) is 3. The van der Waals surface area contributed by atoms with Crippen molar-refractivity contribution < 1.29 is 30.8 Å². The summed E-state index contributed by atoms with van der Waals surface area (Å²) in [6.07, 6.45) is 2.82. The molecule has 2 aromatic carbocycles. The minimum absolute atomic E-state index is 0. The Bertz CT molecular complexity index is 2520. The van der Waals surface area contributed by atoms with Gasteiger partial charge >= 0.3 is 0 Å². The number of sulfonamides is 2. The van der Waals surface area contributed by atoms with Gasteiger partial charge in [0.2, 0.25) is 31.6 Å². The lowest BCUT2D eigenvalue weighted by Gasteiger charge is -2.41. The average molecular weight is 1010 g/mol. The van der Waals surface area contributed by atoms with Crippen molar-refractivity contribution in [1.82, 2.24) is 29.2 Å². The van der Waals surface area contributed by atoms with E-state index in [0.29, 0.717) is 78.6 Å². The number of halogens is 6. The topological polar surface area (TPSA) is 179 Å². The molecule has 2 fully saturated rings. The summed E-state index contributed by atoms with van der Waals surface area (Å²) in [6, 6.07) is 18.6. The number of carbonyl (C=O) groups excluding carboxylic acids is 2. The van der Waals surface area contributed by atoms with Crippen LogP contribution in [0.4, 0.5) is 4.39 Å². The fourth-order valence-electron chi connectivity index (χ4n) is 7.72. The number of carbonyl (C=O) groups is 2. The molecule has 0 atom stereocenters. The van der Waals surface area contributed by atoms with Crippen molar-refractivity contribution >= 4 is 90.7 Å². The molecular weight excluding hydrogens is 961 g/mol. The van der Waals surface area contributed by atoms with Crippen LogP contribution in [0.2, 0.25) is 20.1 Å². The van der Waals surface area contributed by atoms with Gasteiger partial charge in [-0.2, -0.15) is 4.39 Å². The quantitative estimate of drug-likeness (QED) is 0.108. The Balaban J connectivity index is 0.000000272. The number of amides is 2. The number of nitrogens with one attached hydrogen (secondary N) is 3. The molecule has 4 aromatic rings. The summed E-state index contributed by atoms with van der Waals surface area (Å²) in [4.78, 5) is 44.3. The molecule has 2 aliphatic heterocycles. The first kappa shape index (κ1) is 52.3. The number of benzene rings is 2. The second-order valence-corrected chi connectivity index (χ2v) is 21.2. The molecule has 2 aliphatic rings. The normalized spacial score (nSPS) is 16.5. The van der Waals surface area contributed by atoms with Gasteiger partial charge in [-0.3, -0.25) is 14.4 Å². The third-order valence-corrected chi connectivity index (χ3v) is 16.4. The molecule has 2 aromatic heterocycles. The highest BCUT2D eigenvalue weighted by Gasteiger charge is 2.42. The Labute approximate surface area is 393 Å². The molecule has 0 bridgehead atoms. The van der Waals surface area contributed by atoms with Crippen molar-refractivity contribution in [3.05, 3.63) is 132 Å². The van der Waals surface area contributed by atoms with Gasteiger partial charge < -0.3 is 15.6 Å². The molecule has 13 nitrogen and oxygen atoms in total. The summed E-state index contributed by atoms with van der Waals surface area (Å²) in [5.41, 5.74) is 0.187. The predicted octanol–water partition coefficient (Wildman–Crippen LogP) is 7.64. The first-order valence-corrected chi connectivity index (χ1v) is 24.8. The van der Waals surface area contributed by atoms with Gasteiger partial charge in [0.25, 0.3) is 11.8 Å². The molecule has 0 radical (unpaired) electrons. The predicted molar refractivity (Wildman–Crippen MR) is 249 cm³/mol. The maximum Gasteiger partial charge on any atom is 0.252 e. The minimum Gasteiger partial charge on any atom is -0.351 e. The van der Waals surface area contributed by atoms with E-state index in [1.807, 2.05) is 13.8 Å². The Morgan fingerprint density at radius 3 is 1.57 bits per heavy atom. The van der Waals surface area contributed by atoms with E-state index in [-0.39, 0.29) is 77.2 Å². The van der Waals surface area contributed by atoms with Crippen molar-refractivity contribution in [2.24, 2.45) is 0 Å². The zero-order valence-corrected chi connectivity index (χ0v) is 40.1. The van der Waals surface area contributed by atoms with Crippen LogP contribution in [0.1, 0.15) is 84.5 Å². The standard InChI is InChI=1S/C21H24Cl2FN3O3S.C21H25Cl2N3O4S.ClH/c1-2-12-31(29,30)27-10-8-21(9-11-27,18-4-3-5-19(24)26-18)14-25-20(28)16-7-6-15(22)13-17(16)23;1-2-12-31(29,30)26-10-8-21(9-11-26,18-4-3-5-19(27)25-18)14-24-20(28)16-7-6-15(22)13-17(16)23;/h3-7,13H,2,8-12,14H2,1H3,(H,25,28);3-7,13H,2,8-12,14H2,1H3,(H,24,28)(H,25,27);1H. The van der Waals surface area contributed by atoms with Gasteiger partial charge in [-0.25, -0.2) is 30.4 Å². The largest absolute Gasteiger partial charge is 0.351 e. The number of H-pyrrole nitrogens is 1. The first-order chi connectivity index (χ1) is 29.3. The average Bonchev–Trinajstić information content (AvgIpc) is 3.22. The third-order valence-electron chi connectivity index (χ3n) is 11.2. The van der Waals surface area contributed by atoms with Crippen LogP contribution in [0.15, 0.2) is 77.6 Å². The second-order valence-electron chi connectivity index (χ2n) is 15.4. The highest BCUT2D eigenvalue weighted by Crippen LogP contribution is 2.37. The second kappa shape index (κ2) is 22.7. The number of aromatic nitrogens is 2. The van der Waals surface area contributed by atoms with Crippen LogP contribution < -0.4 is 16.2 Å². The third kappa shape index (κ3) is 13.4. The van der Waals surface area contributed by atoms with Gasteiger partial charge in [0.15, 0.2) is 0 Å². The van der Waals surface area contributed by atoms with Crippen LogP contribution >= 0.6 is 58.8 Å². The van der Waals surface area contributed by atoms with Gasteiger partial charge in [-0.05, 0) is 93.1 Å². The van der Waals surface area contributed by atoms with E-state index in [0.717, 1.165) is 0 Å². The Kier molecular flexibility index (Phi) is 18.9. The van der Waals surface area contributed by atoms with Crippen molar-refractivity contribution in [3.63, 3.8) is 0 Å². The molecule has 344 valence electrons. The molecule has 63 heavy (non-hydrogen) atoms. The lowest BCUT2D eigenvalue weighted by molar-refractivity contribution is 0.0924. The van der Waals surface area contributed by atoms with Crippen molar-refractivity contribution in [2.75, 3.05) is 50.8 Å². The smallest absolute Gasteiger partial charge is 0.252 e. The zero-order chi connectivity index (χ0) is 45.3. The maximum absolute atomic E-state index is 13.9. The summed E-state index contributed by atoms with van der Waals surface area (Å²) in [5.74, 6) is -1.18. The minimum atomic E-state index is -3.34. The summed E-state index contributed by atoms with van der Waals surface area (Å²) in [6.45, 7) is 5.23. The molecule has 0 saturated carbocycles. The highest BCUT2D eigenvalue weighted by molar-refractivity contribution is 7.89. The maximum atomic E-state index is 13.9. The van der Waals surface area contributed by atoms with Gasteiger partial charge in [-0.1, -0.05) is 72.4 Å². The number of hydrogen-bond acceptors (Lipinski definition) is 8. The Hall–Kier alpha value is -3.32. The monoisotopic (exact) mass is 1010 g/mol. The Morgan fingerprint density at radius 2 is 1.14 bits per heavy atom. The van der Waals surface area contributed by atoms with E-state index < -0.39 is 42.7 Å². The van der Waals surface area contributed by atoms with E-state index in [2.05, 4.69) is 20.6 Å². The van der Waals surface area contributed by atoms with Crippen LogP contribution in [0, 0.1) is 5.95 Å². The summed E-state index contributed by atoms with van der Waals surface area (Å²) >= 11 is 24.1. The molecule has 21 heteroatoms. The van der Waals surface area contributed by atoms with Gasteiger partial charge in [0, 0.05) is 71.9 Å². The molecule has 2 saturated heterocycles. The van der Waals surface area contributed by atoms with Crippen molar-refractivity contribution in [2.45, 2.75) is 63.2 Å². The van der Waals surface area contributed by atoms with E-state index >= 15 is 0 Å². The lowest BCUT2D eigenvalue weighted by Crippen LogP contribution is -2.51. The zero-order valence-electron chi connectivity index (χ0n) is 34.6. The van der Waals surface area contributed by atoms with Gasteiger partial charge in [-0.15, -0.1) is 12.4 Å². The van der Waals surface area contributed by atoms with Crippen LogP contribution in [-0.2, 0) is 30.9 Å². The van der Waals surface area contributed by atoms with Gasteiger partial charge in [0.1, 0.15) is 0 Å². The van der Waals surface area contributed by atoms with Crippen molar-refractivity contribution in [3.8, 4) is 0 Å². The SMILES string of the molecule is CCCS(=O)(=O)N1CCC(CNC(=O)c2ccc(Cl)cc2Cl)(c2cccc(=O)[nH]2)CC1.CCCS(=O)(=O)N1CCC(CNC(=O)c2ccc(Cl)cc2Cl)(c2cccc(F)n2)CC1.Cl. The van der Waals surface area contributed by atoms with Crippen molar-refractivity contribution in [1.29, 1.82) is 0 Å². The van der Waals surface area contributed by atoms with Crippen LogP contribution in [0.5, 0.6) is 0 Å². The van der Waals surface area contributed by atoms with Crippen LogP contribution in [0.25, 0.3) is 0 Å². The van der Waals surface area contributed by atoms with E-state index in [9.17, 15) is 35.6 Å². The molecule has 3 N–H and O–H groups in total. The van der Waals surface area contributed by atoms with E-state index in [1.54, 1.807) is 42.5 Å². The molecule has 0 spiro atoms. The lowest BCUT2D eigenvalue weighted by atomic mass is 9.75. The molecule has 6 rings (SSSR count). The molecule has 2 amide bonds. The fourth-order valence-corrected chi connectivity index (χ4v) is 11.7. The first-order valence-electron chi connectivity index (χ1n) is 20.1. The number of piperidine rings is 2. The summed E-state index contributed by atoms with van der Waals surface area (Å²) < 4.78 is 66.7. The number of pyridine rings is 2. The molecule has 0 unspecified atom stereocenters. The van der Waals surface area contributed by atoms with Gasteiger partial charge in [0.05, 0.1) is 38.4 Å². The summed E-state index contributed by atoms with van der Waals surface area (Å²) in [5, 5.41) is 7.10. The molecule has 4 heterocycles.